The van der Waals surface area contributed by atoms with E-state index in [9.17, 15) is 27.4 Å². The van der Waals surface area contributed by atoms with Crippen LogP contribution in [0, 0.1) is 0 Å². The number of benzene rings is 13. The summed E-state index contributed by atoms with van der Waals surface area (Å²) >= 11 is 0. The van der Waals surface area contributed by atoms with Crippen molar-refractivity contribution >= 4 is 144 Å². The summed E-state index contributed by atoms with van der Waals surface area (Å²) in [4.78, 5) is 4.03. The predicted molar refractivity (Wildman–Crippen MR) is 377 cm³/mol. The number of hydrogen-bond donors (Lipinski definition) is 0. The van der Waals surface area contributed by atoms with Crippen molar-refractivity contribution in [2.24, 2.45) is 0 Å². The van der Waals surface area contributed by atoms with Crippen molar-refractivity contribution in [1.29, 1.82) is 0 Å². The Bertz CT molecular complexity index is 6730. The third-order valence-corrected chi connectivity index (χ3v) is 17.8. The van der Waals surface area contributed by atoms with E-state index in [2.05, 4.69) is 12.1 Å². The molecule has 418 valence electrons. The van der Waals surface area contributed by atoms with Gasteiger partial charge in [-0.25, -0.2) is 0 Å². The van der Waals surface area contributed by atoms with Crippen molar-refractivity contribution in [1.82, 2.24) is 18.3 Å². The van der Waals surface area contributed by atoms with E-state index in [-0.39, 0.29) is 101 Å². The van der Waals surface area contributed by atoms with Crippen LogP contribution in [0.2, 0.25) is 0 Å². The summed E-state index contributed by atoms with van der Waals surface area (Å²) in [6.45, 7) is 5.15. The van der Waals surface area contributed by atoms with Gasteiger partial charge in [0, 0.05) is 88.6 Å². The Kier molecular flexibility index (Phi) is 6.68. The number of rotatable bonds is 6. The summed E-state index contributed by atoms with van der Waals surface area (Å²) in [7, 11) is 0. The van der Waals surface area contributed by atoms with E-state index in [0.29, 0.717) is 89.3 Å². The molecule has 0 saturated carbocycles. The topological polar surface area (TPSA) is 26.2 Å². The summed E-state index contributed by atoms with van der Waals surface area (Å²) in [5, 5.41) is 0.568. The van der Waals surface area contributed by atoms with Crippen molar-refractivity contribution in [3.05, 3.63) is 296 Å². The Morgan fingerprint density at radius 2 is 0.629 bits per heavy atom. The van der Waals surface area contributed by atoms with Gasteiger partial charge in [-0.15, -0.1) is 0 Å². The Morgan fingerprint density at radius 3 is 0.989 bits per heavy atom. The zero-order valence-corrected chi connectivity index (χ0v) is 47.6. The van der Waals surface area contributed by atoms with Gasteiger partial charge >= 0.3 is 0 Å². The average molecular weight is 1160 g/mol. The summed E-state index contributed by atoms with van der Waals surface area (Å²) in [5.41, 5.74) is 5.98. The van der Waals surface area contributed by atoms with Gasteiger partial charge in [0.25, 0.3) is 6.71 Å². The lowest BCUT2D eigenvalue weighted by Gasteiger charge is -2.45. The first-order chi connectivity index (χ1) is 53.8. The number of nitrogens with zero attached hydrogens (tertiary/aromatic N) is 6. The fourth-order valence-electron chi connectivity index (χ4n) is 14.1. The van der Waals surface area contributed by atoms with Crippen LogP contribution in [0.4, 0.5) is 34.1 Å². The van der Waals surface area contributed by atoms with E-state index in [0.717, 1.165) is 0 Å². The van der Waals surface area contributed by atoms with E-state index in [1.807, 2.05) is 116 Å². The molecule has 17 aromatic rings. The van der Waals surface area contributed by atoms with Crippen LogP contribution in [0.5, 0.6) is 0 Å². The second kappa shape index (κ2) is 18.6. The molecule has 0 N–H and O–H groups in total. The van der Waals surface area contributed by atoms with Crippen molar-refractivity contribution in [3.8, 4) is 22.7 Å². The van der Waals surface area contributed by atoms with Gasteiger partial charge < -0.3 is 28.1 Å². The van der Waals surface area contributed by atoms with Crippen molar-refractivity contribution in [2.75, 3.05) is 9.80 Å². The molecule has 2 aliphatic rings. The van der Waals surface area contributed by atoms with Crippen LogP contribution in [0.1, 0.15) is 59.2 Å². The third kappa shape index (κ3) is 7.04. The van der Waals surface area contributed by atoms with Crippen LogP contribution in [-0.2, 0) is 5.41 Å². The second-order valence-corrected chi connectivity index (χ2v) is 23.5. The average Bonchev–Trinajstić information content (AvgIpc) is 1.49. The second-order valence-electron chi connectivity index (χ2n) is 23.5. The molecule has 2 aliphatic heterocycles. The first-order valence-corrected chi connectivity index (χ1v) is 29.1. The van der Waals surface area contributed by atoms with Crippen molar-refractivity contribution in [3.63, 3.8) is 0 Å². The van der Waals surface area contributed by atoms with Gasteiger partial charge in [0.1, 0.15) is 0 Å². The van der Waals surface area contributed by atoms with Crippen LogP contribution in [0.3, 0.4) is 0 Å². The molecule has 0 atom stereocenters. The van der Waals surface area contributed by atoms with E-state index in [1.165, 1.54) is 9.13 Å². The molecule has 0 spiro atoms. The third-order valence-electron chi connectivity index (χ3n) is 17.8. The lowest BCUT2D eigenvalue weighted by molar-refractivity contribution is 0.590. The van der Waals surface area contributed by atoms with Crippen LogP contribution >= 0.6 is 0 Å². The van der Waals surface area contributed by atoms with Crippen molar-refractivity contribution < 1.29 is 32.9 Å². The van der Waals surface area contributed by atoms with Gasteiger partial charge in [0.2, 0.25) is 0 Å². The molecular weight excluding hydrogens is 1080 g/mol. The van der Waals surface area contributed by atoms with Gasteiger partial charge in [0.15, 0.2) is 0 Å². The fourth-order valence-corrected chi connectivity index (χ4v) is 14.1. The maximum absolute atomic E-state index is 9.79. The minimum Gasteiger partial charge on any atom is -0.309 e. The highest BCUT2D eigenvalue weighted by molar-refractivity contribution is 7.00. The van der Waals surface area contributed by atoms with Gasteiger partial charge in [-0.2, -0.15) is 0 Å². The molecule has 4 aromatic heterocycles. The van der Waals surface area contributed by atoms with Crippen LogP contribution in [-0.4, -0.2) is 25.0 Å². The highest BCUT2D eigenvalue weighted by Gasteiger charge is 2.46. The number of hydrogen-bond acceptors (Lipinski definition) is 2. The van der Waals surface area contributed by atoms with E-state index >= 15 is 0 Å². The first kappa shape index (κ1) is 31.9. The molecule has 0 aliphatic carbocycles. The fraction of sp³-hybridized carbons (Fsp3) is 0.0488. The van der Waals surface area contributed by atoms with Crippen molar-refractivity contribution in [2.45, 2.75) is 26.2 Å². The predicted octanol–water partition coefficient (Wildman–Crippen LogP) is 19.5. The lowest BCUT2D eigenvalue weighted by atomic mass is 9.33. The number of para-hydroxylation sites is 10. The molecule has 0 amide bonds. The molecular formula is C82H57BN6. The highest BCUT2D eigenvalue weighted by Crippen LogP contribution is 2.52. The number of fused-ring (bicyclic) bond motifs is 16. The largest absolute Gasteiger partial charge is 0.309 e. The Balaban J connectivity index is 1.03. The molecule has 13 aromatic carbocycles. The van der Waals surface area contributed by atoms with E-state index in [1.54, 1.807) is 57.7 Å². The minimum atomic E-state index is -0.943. The molecule has 0 saturated heterocycles. The summed E-state index contributed by atoms with van der Waals surface area (Å²) in [6, 6.07) is 31.2. The normalized spacial score (nSPS) is 16.8. The Labute approximate surface area is 549 Å². The number of anilines is 6. The Hall–Kier alpha value is -11.3. The zero-order valence-electron chi connectivity index (χ0n) is 71.6. The minimum absolute atomic E-state index is 0.154. The van der Waals surface area contributed by atoms with Crippen LogP contribution in [0.25, 0.3) is 110 Å². The summed E-state index contributed by atoms with van der Waals surface area (Å²) < 4.78 is 232. The van der Waals surface area contributed by atoms with Gasteiger partial charge in [-0.3, -0.25) is 0 Å². The molecule has 0 fully saturated rings. The molecule has 0 radical (unpaired) electrons. The van der Waals surface area contributed by atoms with Gasteiger partial charge in [-0.05, 0) is 136 Å². The zero-order chi connectivity index (χ0) is 79.7. The summed E-state index contributed by atoms with van der Waals surface area (Å²) in [6.07, 6.45) is 0. The molecule has 6 heterocycles. The molecule has 7 heteroatoms. The van der Waals surface area contributed by atoms with E-state index < -0.39 is 133 Å². The SMILES string of the molecule is [2H]c1c([2H])c([2H])c2c(c1[2H])c1cccc(N3c4cc(-n5c6c([2H])c([2H])c([2H])c([2H])c6c6c([2H])c([2H])c([2H])c([2H])c65)ccc4B4c5ccc(-n6c7c([2H])c([2H])c([2H])c([2H])c7c7c([2H])c([2H])c([2H])c([2H])c76)cc5N(c5cccc6c7c([2H])c([2H])c([2H])c([2H])c7n(-c7ccccc7)c56)c5cc(C(C)(C)C)cc3c54)c1n2-c1ccccc1. The maximum atomic E-state index is 9.79. The standard InChI is InChI=1S/C82H57BN6/c1-82(2,3)52-48-77-79-78(49-52)89(74-43-23-35-64-62-33-15-21-41-72(62)87(81(64)74)54-26-8-5-9-27-54)76-51-56(85-69-38-18-12-30-59(69)60-31-13-19-39-70(60)85)45-47-66(76)83(79)65-46-44-55(84-67-36-16-10-28-57(67)58-29-11-17-37-68(58)84)50-75(65)88(77)73-42-22-34-63-61-32-14-20-40-71(61)86(80(63)73)53-24-6-4-7-25-53/h4-51H,1-3H3/i10D,11D,12D,13D,14D,15D,16D,17D,18D,19D,20D,21D,28D,29D,30D,31D,32D,33D,36D,37D,38D,39D,40D,41D. The molecule has 19 rings (SSSR count). The number of aromatic nitrogens is 4. The first-order valence-electron chi connectivity index (χ1n) is 41.1. The van der Waals surface area contributed by atoms with Gasteiger partial charge in [-0.1, -0.05) is 202 Å². The maximum Gasteiger partial charge on any atom is 0.252 e. The van der Waals surface area contributed by atoms with Gasteiger partial charge in [0.05, 0.1) is 88.4 Å². The monoisotopic (exact) mass is 1160 g/mol. The van der Waals surface area contributed by atoms with Crippen LogP contribution < -0.4 is 26.2 Å². The summed E-state index contributed by atoms with van der Waals surface area (Å²) in [5.74, 6) is 0. The molecule has 89 heavy (non-hydrogen) atoms. The Morgan fingerprint density at radius 1 is 0.292 bits per heavy atom. The highest BCUT2D eigenvalue weighted by atomic mass is 15.2. The van der Waals surface area contributed by atoms with E-state index in [4.69, 9.17) is 5.48 Å². The quantitative estimate of drug-likeness (QED) is 0.155. The van der Waals surface area contributed by atoms with Crippen LogP contribution in [0.15, 0.2) is 291 Å². The lowest BCUT2D eigenvalue weighted by Crippen LogP contribution is -2.61. The smallest absolute Gasteiger partial charge is 0.252 e. The molecule has 0 unspecified atom stereocenters. The molecule has 6 nitrogen and oxygen atoms in total. The molecule has 0 bridgehead atoms.